The second-order valence-electron chi connectivity index (χ2n) is 9.84. The number of hydrogen-bond donors (Lipinski definition) is 4. The average molecular weight is 536 g/mol. The summed E-state index contributed by atoms with van der Waals surface area (Å²) in [5.74, 6) is 0.752. The maximum atomic E-state index is 13.4. The molecule has 1 atom stereocenters. The Labute approximate surface area is 223 Å². The Balaban J connectivity index is 1.47. The summed E-state index contributed by atoms with van der Waals surface area (Å²) in [5.41, 5.74) is 4.66. The van der Waals surface area contributed by atoms with E-state index in [1.807, 2.05) is 43.3 Å². The van der Waals surface area contributed by atoms with Crippen LogP contribution < -0.4 is 16.0 Å². The smallest absolute Gasteiger partial charge is 0.380 e. The highest BCUT2D eigenvalue weighted by atomic mass is 19.4. The highest BCUT2D eigenvalue weighted by Gasteiger charge is 2.35. The molecule has 0 spiro atoms. The van der Waals surface area contributed by atoms with E-state index in [-0.39, 0.29) is 5.92 Å². The van der Waals surface area contributed by atoms with E-state index < -0.39 is 24.7 Å². The number of halogens is 3. The van der Waals surface area contributed by atoms with Crippen LogP contribution in [-0.2, 0) is 0 Å². The Hall–Kier alpha value is -4.41. The van der Waals surface area contributed by atoms with Gasteiger partial charge in [-0.25, -0.2) is 9.89 Å². The first-order chi connectivity index (χ1) is 18.7. The number of aromatic nitrogens is 4. The van der Waals surface area contributed by atoms with E-state index in [0.717, 1.165) is 35.1 Å². The molecule has 202 valence electrons. The zero-order chi connectivity index (χ0) is 27.4. The van der Waals surface area contributed by atoms with Gasteiger partial charge >= 0.3 is 12.2 Å². The van der Waals surface area contributed by atoms with Crippen molar-refractivity contribution in [1.29, 1.82) is 0 Å². The van der Waals surface area contributed by atoms with Gasteiger partial charge in [0.15, 0.2) is 5.82 Å². The molecule has 0 bridgehead atoms. The van der Waals surface area contributed by atoms with Crippen molar-refractivity contribution in [2.24, 2.45) is 5.92 Å². The fourth-order valence-corrected chi connectivity index (χ4v) is 4.53. The maximum absolute atomic E-state index is 13.4. The summed E-state index contributed by atoms with van der Waals surface area (Å²) in [6.45, 7) is 1.94. The lowest BCUT2D eigenvalue weighted by Gasteiger charge is -2.24. The molecule has 1 aromatic heterocycles. The predicted octanol–water partition coefficient (Wildman–Crippen LogP) is 7.02. The SMILES string of the molecule is Cc1ccc(NC(=O)Nc2cc(-c3ccccc3-c3nnn[nH]3)ccc2NC(CC2CC2)CC(F)(F)F)cc1. The number of aromatic amines is 1. The highest BCUT2D eigenvalue weighted by Crippen LogP contribution is 2.39. The third-order valence-corrected chi connectivity index (χ3v) is 6.57. The average Bonchev–Trinajstić information content (AvgIpc) is 3.53. The molecule has 0 aliphatic heterocycles. The van der Waals surface area contributed by atoms with Gasteiger partial charge in [0.1, 0.15) is 0 Å². The van der Waals surface area contributed by atoms with Crippen LogP contribution in [0.1, 0.15) is 31.2 Å². The van der Waals surface area contributed by atoms with Gasteiger partial charge in [-0.15, -0.1) is 5.10 Å². The van der Waals surface area contributed by atoms with E-state index in [4.69, 9.17) is 0 Å². The van der Waals surface area contributed by atoms with Gasteiger partial charge in [0.05, 0.1) is 17.8 Å². The van der Waals surface area contributed by atoms with E-state index in [1.54, 1.807) is 30.3 Å². The van der Waals surface area contributed by atoms with Crippen LogP contribution in [0.2, 0.25) is 0 Å². The van der Waals surface area contributed by atoms with Crippen molar-refractivity contribution in [1.82, 2.24) is 20.6 Å². The zero-order valence-electron chi connectivity index (χ0n) is 21.2. The topological polar surface area (TPSA) is 108 Å². The van der Waals surface area contributed by atoms with Gasteiger partial charge in [-0.05, 0) is 65.1 Å². The number of nitrogens with one attached hydrogen (secondary N) is 4. The van der Waals surface area contributed by atoms with Crippen LogP contribution in [0.25, 0.3) is 22.5 Å². The van der Waals surface area contributed by atoms with Crippen LogP contribution in [0, 0.1) is 12.8 Å². The van der Waals surface area contributed by atoms with E-state index in [2.05, 4.69) is 36.6 Å². The lowest BCUT2D eigenvalue weighted by atomic mass is 9.98. The van der Waals surface area contributed by atoms with Gasteiger partial charge < -0.3 is 16.0 Å². The standard InChI is InChI=1S/C28H28F3N7O/c1-17-6-11-20(12-7-17)33-27(39)34-25-15-19(22-4-2-3-5-23(22)26-35-37-38-36-26)10-13-24(25)32-21(14-18-8-9-18)16-28(29,30)31/h2-7,10-13,15,18,21,32H,8-9,14,16H2,1H3,(H2,33,34,39)(H,35,36,37,38). The normalized spacial score (nSPS) is 14.1. The predicted molar refractivity (Wildman–Crippen MR) is 144 cm³/mol. The Morgan fingerprint density at radius 2 is 1.74 bits per heavy atom. The number of nitrogens with zero attached hydrogens (tertiary/aromatic N) is 3. The molecule has 2 amide bonds. The molecule has 39 heavy (non-hydrogen) atoms. The molecule has 8 nitrogen and oxygen atoms in total. The molecule has 1 aliphatic rings. The van der Waals surface area contributed by atoms with Crippen molar-refractivity contribution >= 4 is 23.1 Å². The summed E-state index contributed by atoms with van der Waals surface area (Å²) in [6.07, 6.45) is -2.98. The van der Waals surface area contributed by atoms with Crippen LogP contribution in [0.5, 0.6) is 0 Å². The van der Waals surface area contributed by atoms with Gasteiger partial charge in [0, 0.05) is 17.3 Å². The van der Waals surface area contributed by atoms with E-state index in [9.17, 15) is 18.0 Å². The minimum atomic E-state index is -4.31. The molecule has 1 aliphatic carbocycles. The molecule has 1 fully saturated rings. The van der Waals surface area contributed by atoms with Crippen molar-refractivity contribution < 1.29 is 18.0 Å². The van der Waals surface area contributed by atoms with Crippen LogP contribution in [0.3, 0.4) is 0 Å². The van der Waals surface area contributed by atoms with E-state index in [1.165, 1.54) is 0 Å². The summed E-state index contributed by atoms with van der Waals surface area (Å²) in [7, 11) is 0. The first-order valence-corrected chi connectivity index (χ1v) is 12.7. The molecular weight excluding hydrogens is 507 g/mol. The largest absolute Gasteiger partial charge is 0.391 e. The molecule has 4 N–H and O–H groups in total. The number of carbonyl (C=O) groups excluding carboxylic acids is 1. The van der Waals surface area contributed by atoms with Crippen LogP contribution in [-0.4, -0.2) is 38.9 Å². The zero-order valence-corrected chi connectivity index (χ0v) is 21.2. The summed E-state index contributed by atoms with van der Waals surface area (Å²) in [6, 6.07) is 18.7. The fourth-order valence-electron chi connectivity index (χ4n) is 4.53. The number of benzene rings is 3. The second kappa shape index (κ2) is 11.1. The molecule has 3 aromatic carbocycles. The summed E-state index contributed by atoms with van der Waals surface area (Å²) in [4.78, 5) is 13.0. The number of anilines is 3. The van der Waals surface area contributed by atoms with Crippen molar-refractivity contribution in [3.63, 3.8) is 0 Å². The minimum Gasteiger partial charge on any atom is -0.380 e. The molecule has 1 saturated carbocycles. The Morgan fingerprint density at radius 1 is 1.00 bits per heavy atom. The first kappa shape index (κ1) is 26.2. The molecule has 0 radical (unpaired) electrons. The number of amides is 2. The number of rotatable bonds is 9. The van der Waals surface area contributed by atoms with E-state index >= 15 is 0 Å². The first-order valence-electron chi connectivity index (χ1n) is 12.7. The number of alkyl halides is 3. The Morgan fingerprint density at radius 3 is 2.41 bits per heavy atom. The number of urea groups is 1. The minimum absolute atomic E-state index is 0.285. The molecule has 5 rings (SSSR count). The van der Waals surface area contributed by atoms with Crippen LogP contribution >= 0.6 is 0 Å². The molecular formula is C28H28F3N7O. The van der Waals surface area contributed by atoms with Crippen molar-refractivity contribution in [3.05, 3.63) is 72.3 Å². The van der Waals surface area contributed by atoms with Crippen molar-refractivity contribution in [2.45, 2.75) is 44.8 Å². The van der Waals surface area contributed by atoms with Crippen molar-refractivity contribution in [2.75, 3.05) is 16.0 Å². The van der Waals surface area contributed by atoms with Gasteiger partial charge in [0.25, 0.3) is 0 Å². The Bertz CT molecular complexity index is 1420. The molecule has 0 saturated heterocycles. The lowest BCUT2D eigenvalue weighted by molar-refractivity contribution is -0.137. The fraction of sp³-hybridized carbons (Fsp3) is 0.286. The number of aryl methyl sites for hydroxylation is 1. The molecule has 1 heterocycles. The summed E-state index contributed by atoms with van der Waals surface area (Å²) in [5, 5.41) is 22.8. The van der Waals surface area contributed by atoms with Gasteiger partial charge in [-0.1, -0.05) is 60.9 Å². The second-order valence-corrected chi connectivity index (χ2v) is 9.84. The number of tetrazole rings is 1. The van der Waals surface area contributed by atoms with Gasteiger partial charge in [0.2, 0.25) is 0 Å². The quantitative estimate of drug-likeness (QED) is 0.184. The number of H-pyrrole nitrogens is 1. The van der Waals surface area contributed by atoms with Crippen LogP contribution in [0.4, 0.5) is 35.0 Å². The maximum Gasteiger partial charge on any atom is 0.391 e. The Kier molecular flexibility index (Phi) is 7.49. The number of hydrogen-bond acceptors (Lipinski definition) is 5. The molecule has 1 unspecified atom stereocenters. The number of carbonyl (C=O) groups is 1. The van der Waals surface area contributed by atoms with Gasteiger partial charge in [-0.3, -0.25) is 0 Å². The third kappa shape index (κ3) is 7.13. The molecule has 4 aromatic rings. The van der Waals surface area contributed by atoms with Crippen molar-refractivity contribution in [3.8, 4) is 22.5 Å². The third-order valence-electron chi connectivity index (χ3n) is 6.57. The highest BCUT2D eigenvalue weighted by molar-refractivity contribution is 6.02. The summed E-state index contributed by atoms with van der Waals surface area (Å²) >= 11 is 0. The van der Waals surface area contributed by atoms with Gasteiger partial charge in [-0.2, -0.15) is 13.2 Å². The van der Waals surface area contributed by atoms with Crippen LogP contribution in [0.15, 0.2) is 66.7 Å². The monoisotopic (exact) mass is 535 g/mol. The summed E-state index contributed by atoms with van der Waals surface area (Å²) < 4.78 is 40.2. The molecule has 11 heteroatoms. The van der Waals surface area contributed by atoms with E-state index in [0.29, 0.717) is 29.3 Å². The lowest BCUT2D eigenvalue weighted by Crippen LogP contribution is -2.28.